The van der Waals surface area contributed by atoms with Gasteiger partial charge >= 0.3 is 6.09 Å². The van der Waals surface area contributed by atoms with E-state index in [0.717, 1.165) is 18.4 Å². The van der Waals surface area contributed by atoms with Crippen LogP contribution < -0.4 is 26.5 Å². The Balaban J connectivity index is 2.18. The molecule has 0 saturated carbocycles. The van der Waals surface area contributed by atoms with Crippen LogP contribution in [0.3, 0.4) is 0 Å². The number of pyridine rings is 1. The number of primary amides is 1. The van der Waals surface area contributed by atoms with Crippen LogP contribution in [0.2, 0.25) is 0 Å². The summed E-state index contributed by atoms with van der Waals surface area (Å²) < 4.78 is 12.7. The number of aromatic nitrogens is 2. The van der Waals surface area contributed by atoms with Crippen LogP contribution in [0.4, 0.5) is 4.79 Å². The minimum absolute atomic E-state index is 0.0876. The van der Waals surface area contributed by atoms with E-state index in [-0.39, 0.29) is 23.9 Å². The second-order valence-electron chi connectivity index (χ2n) is 7.66. The summed E-state index contributed by atoms with van der Waals surface area (Å²) in [5, 5.41) is 3.51. The standard InChI is InChI=1S/C22H28N4O4S/c1-4-5-8-29-19-16-9-14(20-25-18(12-31-20)30-22(24)28)6-7-15(16)21(27)26(11-13(2)3)17(19)10-23/h6-7,9,12-13H,4-5,8,10-11,23H2,1-3H3,(H2,24,28). The number of nitrogens with two attached hydrogens (primary N) is 2. The minimum atomic E-state index is -0.916. The molecule has 3 aromatic rings. The first kappa shape index (κ1) is 22.8. The van der Waals surface area contributed by atoms with Crippen molar-refractivity contribution in [1.29, 1.82) is 0 Å². The van der Waals surface area contributed by atoms with E-state index in [2.05, 4.69) is 25.8 Å². The molecule has 0 aliphatic carbocycles. The van der Waals surface area contributed by atoms with Crippen molar-refractivity contribution >= 4 is 28.2 Å². The molecule has 31 heavy (non-hydrogen) atoms. The molecule has 0 aliphatic heterocycles. The molecule has 2 heterocycles. The highest BCUT2D eigenvalue weighted by atomic mass is 32.1. The molecule has 9 heteroatoms. The summed E-state index contributed by atoms with van der Waals surface area (Å²) in [6.07, 6.45) is 0.976. The highest BCUT2D eigenvalue weighted by Crippen LogP contribution is 2.34. The maximum Gasteiger partial charge on any atom is 0.411 e. The Morgan fingerprint density at radius 1 is 1.29 bits per heavy atom. The number of carbonyl (C=O) groups is 1. The molecule has 166 valence electrons. The number of hydrogen-bond donors (Lipinski definition) is 2. The fraction of sp³-hybridized carbons (Fsp3) is 0.409. The Hall–Kier alpha value is -2.91. The lowest BCUT2D eigenvalue weighted by Crippen LogP contribution is -2.28. The molecular formula is C22H28N4O4S. The fourth-order valence-electron chi connectivity index (χ4n) is 3.38. The van der Waals surface area contributed by atoms with E-state index in [4.69, 9.17) is 20.9 Å². The Morgan fingerprint density at radius 2 is 2.06 bits per heavy atom. The number of unbranched alkanes of at least 4 members (excludes halogenated alkanes) is 1. The third kappa shape index (κ3) is 5.05. The van der Waals surface area contributed by atoms with Gasteiger partial charge in [0, 0.05) is 24.0 Å². The van der Waals surface area contributed by atoms with E-state index >= 15 is 0 Å². The molecule has 8 nitrogen and oxygen atoms in total. The van der Waals surface area contributed by atoms with Gasteiger partial charge in [0.05, 0.1) is 23.1 Å². The highest BCUT2D eigenvalue weighted by molar-refractivity contribution is 7.13. The SMILES string of the molecule is CCCCOc1c(CN)n(CC(C)C)c(=O)c2ccc(-c3nc(OC(N)=O)cs3)cc12. The summed E-state index contributed by atoms with van der Waals surface area (Å²) in [7, 11) is 0. The van der Waals surface area contributed by atoms with Crippen LogP contribution >= 0.6 is 11.3 Å². The van der Waals surface area contributed by atoms with Gasteiger partial charge in [-0.1, -0.05) is 33.3 Å². The van der Waals surface area contributed by atoms with Gasteiger partial charge in [0.25, 0.3) is 5.56 Å². The van der Waals surface area contributed by atoms with Gasteiger partial charge < -0.3 is 25.5 Å². The molecule has 1 aromatic carbocycles. The summed E-state index contributed by atoms with van der Waals surface area (Å²) in [4.78, 5) is 28.5. The molecule has 0 fully saturated rings. The normalized spacial score (nSPS) is 11.3. The van der Waals surface area contributed by atoms with Gasteiger partial charge in [-0.3, -0.25) is 4.79 Å². The maximum atomic E-state index is 13.3. The van der Waals surface area contributed by atoms with Crippen molar-refractivity contribution < 1.29 is 14.3 Å². The van der Waals surface area contributed by atoms with Crippen LogP contribution in [0.25, 0.3) is 21.3 Å². The number of hydrogen-bond acceptors (Lipinski definition) is 7. The lowest BCUT2D eigenvalue weighted by molar-refractivity contribution is 0.209. The van der Waals surface area contributed by atoms with Gasteiger partial charge in [0.15, 0.2) is 0 Å². The summed E-state index contributed by atoms with van der Waals surface area (Å²) in [6.45, 7) is 7.51. The molecule has 3 rings (SSSR count). The Kier molecular flexibility index (Phi) is 7.29. The molecular weight excluding hydrogens is 416 g/mol. The second kappa shape index (κ2) is 9.93. The third-order valence-electron chi connectivity index (χ3n) is 4.75. The molecule has 0 spiro atoms. The first-order chi connectivity index (χ1) is 14.8. The van der Waals surface area contributed by atoms with Crippen molar-refractivity contribution in [2.75, 3.05) is 6.61 Å². The quantitative estimate of drug-likeness (QED) is 0.483. The summed E-state index contributed by atoms with van der Waals surface area (Å²) in [5.74, 6) is 1.06. The van der Waals surface area contributed by atoms with E-state index in [9.17, 15) is 9.59 Å². The van der Waals surface area contributed by atoms with Gasteiger partial charge in [-0.05, 0) is 24.5 Å². The zero-order chi connectivity index (χ0) is 22.5. The zero-order valence-corrected chi connectivity index (χ0v) is 18.8. The minimum Gasteiger partial charge on any atom is -0.491 e. The van der Waals surface area contributed by atoms with E-state index in [1.807, 2.05) is 12.1 Å². The lowest BCUT2D eigenvalue weighted by Gasteiger charge is -2.20. The third-order valence-corrected chi connectivity index (χ3v) is 5.62. The van der Waals surface area contributed by atoms with E-state index in [1.54, 1.807) is 16.0 Å². The lowest BCUT2D eigenvalue weighted by atomic mass is 10.1. The van der Waals surface area contributed by atoms with Gasteiger partial charge in [-0.25, -0.2) is 9.78 Å². The molecule has 4 N–H and O–H groups in total. The topological polar surface area (TPSA) is 122 Å². The van der Waals surface area contributed by atoms with E-state index < -0.39 is 6.09 Å². The first-order valence-corrected chi connectivity index (χ1v) is 11.2. The van der Waals surface area contributed by atoms with Crippen molar-refractivity contribution in [3.63, 3.8) is 0 Å². The van der Waals surface area contributed by atoms with E-state index in [1.165, 1.54) is 11.3 Å². The van der Waals surface area contributed by atoms with E-state index in [0.29, 0.717) is 40.4 Å². The predicted molar refractivity (Wildman–Crippen MR) is 123 cm³/mol. The van der Waals surface area contributed by atoms with Gasteiger partial charge in [-0.15, -0.1) is 11.3 Å². The van der Waals surface area contributed by atoms with Crippen LogP contribution in [0.15, 0.2) is 28.4 Å². The monoisotopic (exact) mass is 444 g/mol. The number of nitrogens with zero attached hydrogens (tertiary/aromatic N) is 2. The Bertz CT molecular complexity index is 1140. The van der Waals surface area contributed by atoms with Gasteiger partial charge in [0.1, 0.15) is 10.8 Å². The molecule has 0 unspecified atom stereocenters. The van der Waals surface area contributed by atoms with Crippen molar-refractivity contribution in [3.8, 4) is 22.2 Å². The first-order valence-electron chi connectivity index (χ1n) is 10.3. The molecule has 0 radical (unpaired) electrons. The number of fused-ring (bicyclic) bond motifs is 1. The van der Waals surface area contributed by atoms with Gasteiger partial charge in [-0.2, -0.15) is 0 Å². The Labute approximate surface area is 184 Å². The molecule has 1 amide bonds. The number of rotatable bonds is 9. The number of thiazole rings is 1. The van der Waals surface area contributed by atoms with Crippen LogP contribution in [-0.2, 0) is 13.1 Å². The average Bonchev–Trinajstić information content (AvgIpc) is 3.18. The molecule has 0 aliphatic rings. The van der Waals surface area contributed by atoms with Gasteiger partial charge in [0.2, 0.25) is 5.88 Å². The highest BCUT2D eigenvalue weighted by Gasteiger charge is 2.19. The smallest absolute Gasteiger partial charge is 0.411 e. The summed E-state index contributed by atoms with van der Waals surface area (Å²) in [6, 6.07) is 5.49. The van der Waals surface area contributed by atoms with Crippen molar-refractivity contribution in [2.24, 2.45) is 17.4 Å². The predicted octanol–water partition coefficient (Wildman–Crippen LogP) is 3.88. The maximum absolute atomic E-state index is 13.3. The number of amides is 1. The fourth-order valence-corrected chi connectivity index (χ4v) is 4.10. The summed E-state index contributed by atoms with van der Waals surface area (Å²) in [5.41, 5.74) is 12.5. The van der Waals surface area contributed by atoms with Crippen molar-refractivity contribution in [1.82, 2.24) is 9.55 Å². The molecule has 0 atom stereocenters. The zero-order valence-electron chi connectivity index (χ0n) is 18.0. The van der Waals surface area contributed by atoms with Crippen molar-refractivity contribution in [2.45, 2.75) is 46.7 Å². The summed E-state index contributed by atoms with van der Waals surface area (Å²) >= 11 is 1.31. The van der Waals surface area contributed by atoms with Crippen LogP contribution in [0.1, 0.15) is 39.3 Å². The average molecular weight is 445 g/mol. The molecule has 2 aromatic heterocycles. The largest absolute Gasteiger partial charge is 0.491 e. The van der Waals surface area contributed by atoms with Crippen LogP contribution in [0.5, 0.6) is 11.6 Å². The van der Waals surface area contributed by atoms with Crippen molar-refractivity contribution in [3.05, 3.63) is 39.6 Å². The van der Waals surface area contributed by atoms with Crippen LogP contribution in [0, 0.1) is 5.92 Å². The molecule has 0 bridgehead atoms. The number of benzene rings is 1. The second-order valence-corrected chi connectivity index (χ2v) is 8.52. The number of ether oxygens (including phenoxy) is 2. The molecule has 0 saturated heterocycles. The number of carbonyl (C=O) groups excluding carboxylic acids is 1. The van der Waals surface area contributed by atoms with Crippen LogP contribution in [-0.4, -0.2) is 22.3 Å². The Morgan fingerprint density at radius 3 is 2.71 bits per heavy atom.